The van der Waals surface area contributed by atoms with Gasteiger partial charge in [-0.05, 0) is 19.8 Å². The summed E-state index contributed by atoms with van der Waals surface area (Å²) in [5.41, 5.74) is 0. The summed E-state index contributed by atoms with van der Waals surface area (Å²) in [6, 6.07) is 0. The zero-order valence-corrected chi connectivity index (χ0v) is 10.4. The third-order valence-electron chi connectivity index (χ3n) is 2.84. The molecule has 0 aromatic carbocycles. The molecule has 0 aliphatic heterocycles. The maximum Gasteiger partial charge on any atom is 0.255 e. The molecule has 1 aromatic rings. The van der Waals surface area contributed by atoms with Crippen molar-refractivity contribution >= 4 is 11.8 Å². The van der Waals surface area contributed by atoms with Crippen molar-refractivity contribution in [1.29, 1.82) is 0 Å². The zero-order valence-electron chi connectivity index (χ0n) is 9.56. The first-order valence-corrected chi connectivity index (χ1v) is 6.92. The average molecular weight is 242 g/mol. The predicted octanol–water partition coefficient (Wildman–Crippen LogP) is 2.69. The Morgan fingerprint density at radius 1 is 1.44 bits per heavy atom. The summed E-state index contributed by atoms with van der Waals surface area (Å²) in [4.78, 5) is 4.15. The Balaban J connectivity index is 1.79. The number of hydrogen-bond donors (Lipinski definition) is 1. The van der Waals surface area contributed by atoms with Crippen LogP contribution in [0.2, 0.25) is 0 Å². The highest BCUT2D eigenvalue weighted by Crippen LogP contribution is 2.29. The molecule has 0 bridgehead atoms. The van der Waals surface area contributed by atoms with Crippen LogP contribution in [0.25, 0.3) is 0 Å². The van der Waals surface area contributed by atoms with E-state index in [1.807, 2.05) is 11.8 Å². The van der Waals surface area contributed by atoms with E-state index in [4.69, 9.17) is 4.52 Å². The summed E-state index contributed by atoms with van der Waals surface area (Å²) < 4.78 is 4.94. The van der Waals surface area contributed by atoms with E-state index in [1.54, 1.807) is 6.92 Å². The fourth-order valence-electron chi connectivity index (χ4n) is 1.92. The lowest BCUT2D eigenvalue weighted by atomic mass is 10.0. The molecule has 1 heterocycles. The van der Waals surface area contributed by atoms with E-state index in [2.05, 4.69) is 10.1 Å². The monoisotopic (exact) mass is 242 g/mol. The van der Waals surface area contributed by atoms with E-state index in [0.717, 1.165) is 11.0 Å². The Morgan fingerprint density at radius 3 is 2.81 bits per heavy atom. The van der Waals surface area contributed by atoms with Gasteiger partial charge >= 0.3 is 0 Å². The van der Waals surface area contributed by atoms with Crippen LogP contribution in [0.5, 0.6) is 0 Å². The van der Waals surface area contributed by atoms with Crippen molar-refractivity contribution in [2.24, 2.45) is 0 Å². The molecule has 1 fully saturated rings. The molecule has 0 radical (unpaired) electrons. The van der Waals surface area contributed by atoms with Gasteiger partial charge < -0.3 is 9.63 Å². The maximum atomic E-state index is 9.25. The van der Waals surface area contributed by atoms with Crippen LogP contribution in [0.3, 0.4) is 0 Å². The predicted molar refractivity (Wildman–Crippen MR) is 63.1 cm³/mol. The van der Waals surface area contributed by atoms with Crippen LogP contribution in [0.15, 0.2) is 4.52 Å². The molecule has 5 heteroatoms. The minimum absolute atomic E-state index is 0.319. The van der Waals surface area contributed by atoms with Gasteiger partial charge in [-0.15, -0.1) is 0 Å². The van der Waals surface area contributed by atoms with Crippen molar-refractivity contribution in [3.05, 3.63) is 11.7 Å². The second kappa shape index (κ2) is 5.68. The van der Waals surface area contributed by atoms with Gasteiger partial charge in [0, 0.05) is 5.25 Å². The van der Waals surface area contributed by atoms with E-state index in [1.165, 1.54) is 32.1 Å². The van der Waals surface area contributed by atoms with E-state index in [9.17, 15) is 5.11 Å². The molecule has 0 saturated heterocycles. The molecule has 1 aliphatic rings. The minimum atomic E-state index is -0.666. The van der Waals surface area contributed by atoms with Crippen molar-refractivity contribution in [2.75, 3.05) is 0 Å². The van der Waals surface area contributed by atoms with E-state index in [-0.39, 0.29) is 0 Å². The first-order chi connectivity index (χ1) is 7.75. The SMILES string of the molecule is CC(O)c1nc(CSC2CCCCC2)no1. The molecule has 2 rings (SSSR count). The van der Waals surface area contributed by atoms with Gasteiger partial charge in [0.1, 0.15) is 6.10 Å². The Bertz CT molecular complexity index is 322. The number of rotatable bonds is 4. The minimum Gasteiger partial charge on any atom is -0.384 e. The van der Waals surface area contributed by atoms with Crippen molar-refractivity contribution in [1.82, 2.24) is 10.1 Å². The molecule has 1 atom stereocenters. The molecule has 90 valence electrons. The van der Waals surface area contributed by atoms with E-state index >= 15 is 0 Å². The normalized spacial score (nSPS) is 19.9. The number of aliphatic hydroxyl groups is 1. The number of aromatic nitrogens is 2. The highest BCUT2D eigenvalue weighted by Gasteiger charge is 2.16. The van der Waals surface area contributed by atoms with Crippen LogP contribution in [0, 0.1) is 0 Å². The van der Waals surface area contributed by atoms with E-state index in [0.29, 0.717) is 11.7 Å². The highest BCUT2D eigenvalue weighted by atomic mass is 32.2. The molecule has 0 spiro atoms. The van der Waals surface area contributed by atoms with Gasteiger partial charge in [-0.1, -0.05) is 24.4 Å². The summed E-state index contributed by atoms with van der Waals surface area (Å²) in [5, 5.41) is 13.9. The molecular formula is C11H18N2O2S. The molecule has 16 heavy (non-hydrogen) atoms. The first kappa shape index (κ1) is 11.9. The number of hydrogen-bond acceptors (Lipinski definition) is 5. The Labute approximate surface area is 99.8 Å². The maximum absolute atomic E-state index is 9.25. The van der Waals surface area contributed by atoms with Crippen LogP contribution in [-0.2, 0) is 5.75 Å². The van der Waals surface area contributed by atoms with Gasteiger partial charge in [0.2, 0.25) is 0 Å². The van der Waals surface area contributed by atoms with Crippen molar-refractivity contribution in [3.63, 3.8) is 0 Å². The number of thioether (sulfide) groups is 1. The lowest BCUT2D eigenvalue weighted by Gasteiger charge is -2.19. The van der Waals surface area contributed by atoms with Crippen molar-refractivity contribution in [2.45, 2.75) is 56.1 Å². The first-order valence-electron chi connectivity index (χ1n) is 5.88. The summed E-state index contributed by atoms with van der Waals surface area (Å²) in [6.07, 6.45) is 6.04. The molecule has 1 saturated carbocycles. The molecule has 1 N–H and O–H groups in total. The van der Waals surface area contributed by atoms with Crippen molar-refractivity contribution in [3.8, 4) is 0 Å². The molecule has 0 amide bonds. The van der Waals surface area contributed by atoms with Crippen LogP contribution in [0.4, 0.5) is 0 Å². The van der Waals surface area contributed by atoms with Crippen LogP contribution in [0.1, 0.15) is 56.8 Å². The quantitative estimate of drug-likeness (QED) is 0.879. The fourth-order valence-corrected chi connectivity index (χ4v) is 3.09. The molecule has 4 nitrogen and oxygen atoms in total. The number of aliphatic hydroxyl groups excluding tert-OH is 1. The van der Waals surface area contributed by atoms with Gasteiger partial charge in [0.15, 0.2) is 5.82 Å². The summed E-state index contributed by atoms with van der Waals surface area (Å²) in [7, 11) is 0. The third kappa shape index (κ3) is 3.22. The topological polar surface area (TPSA) is 59.2 Å². The van der Waals surface area contributed by atoms with E-state index < -0.39 is 6.10 Å². The lowest BCUT2D eigenvalue weighted by molar-refractivity contribution is 0.151. The van der Waals surface area contributed by atoms with Gasteiger partial charge in [-0.3, -0.25) is 0 Å². The van der Waals surface area contributed by atoms with Crippen molar-refractivity contribution < 1.29 is 9.63 Å². The molecular weight excluding hydrogens is 224 g/mol. The molecule has 1 unspecified atom stereocenters. The smallest absolute Gasteiger partial charge is 0.255 e. The van der Waals surface area contributed by atoms with Gasteiger partial charge in [-0.2, -0.15) is 16.7 Å². The number of nitrogens with zero attached hydrogens (tertiary/aromatic N) is 2. The second-order valence-electron chi connectivity index (χ2n) is 4.30. The van der Waals surface area contributed by atoms with Gasteiger partial charge in [0.25, 0.3) is 5.89 Å². The van der Waals surface area contributed by atoms with Gasteiger partial charge in [0.05, 0.1) is 5.75 Å². The highest BCUT2D eigenvalue weighted by molar-refractivity contribution is 7.99. The molecule has 1 aromatic heterocycles. The Kier molecular flexibility index (Phi) is 4.23. The largest absolute Gasteiger partial charge is 0.384 e. The Morgan fingerprint density at radius 2 is 2.19 bits per heavy atom. The Hall–Kier alpha value is -0.550. The summed E-state index contributed by atoms with van der Waals surface area (Å²) in [6.45, 7) is 1.63. The third-order valence-corrected chi connectivity index (χ3v) is 4.21. The summed E-state index contributed by atoms with van der Waals surface area (Å²) in [5.74, 6) is 1.81. The zero-order chi connectivity index (χ0) is 11.4. The lowest BCUT2D eigenvalue weighted by Crippen LogP contribution is -2.08. The molecule has 1 aliphatic carbocycles. The van der Waals surface area contributed by atoms with Crippen LogP contribution in [-0.4, -0.2) is 20.5 Å². The van der Waals surface area contributed by atoms with Gasteiger partial charge in [-0.25, -0.2) is 0 Å². The van der Waals surface area contributed by atoms with Crippen LogP contribution >= 0.6 is 11.8 Å². The second-order valence-corrected chi connectivity index (χ2v) is 5.58. The fraction of sp³-hybridized carbons (Fsp3) is 0.818. The average Bonchev–Trinajstić information content (AvgIpc) is 2.76. The summed E-state index contributed by atoms with van der Waals surface area (Å²) >= 11 is 1.91. The standard InChI is InChI=1S/C11H18N2O2S/c1-8(14)11-12-10(13-15-11)7-16-9-5-3-2-4-6-9/h8-9,14H,2-7H2,1H3. The van der Waals surface area contributed by atoms with Crippen LogP contribution < -0.4 is 0 Å².